The van der Waals surface area contributed by atoms with E-state index in [1.54, 1.807) is 49.4 Å². The number of aromatic nitrogens is 1. The molecule has 0 saturated carbocycles. The highest BCUT2D eigenvalue weighted by molar-refractivity contribution is 6.38. The Morgan fingerprint density at radius 3 is 2.48 bits per heavy atom. The number of hydrogen-bond acceptors (Lipinski definition) is 3. The molecule has 7 nitrogen and oxygen atoms in total. The molecule has 0 aliphatic rings. The minimum absolute atomic E-state index is 0.127. The van der Waals surface area contributed by atoms with Crippen LogP contribution in [0, 0.1) is 12.8 Å². The van der Waals surface area contributed by atoms with Crippen LogP contribution >= 0.6 is 23.2 Å². The van der Waals surface area contributed by atoms with E-state index in [2.05, 4.69) is 16.1 Å². The lowest BCUT2D eigenvalue weighted by Crippen LogP contribution is -2.41. The van der Waals surface area contributed by atoms with E-state index >= 15 is 0 Å². The topological polar surface area (TPSA) is 92.2 Å². The van der Waals surface area contributed by atoms with Crippen molar-refractivity contribution in [3.8, 4) is 0 Å². The zero-order valence-electron chi connectivity index (χ0n) is 17.3. The molecule has 0 fully saturated rings. The van der Waals surface area contributed by atoms with Crippen LogP contribution in [0.4, 0.5) is 5.69 Å². The fraction of sp³-hybridized carbons (Fsp3) is 0.227. The summed E-state index contributed by atoms with van der Waals surface area (Å²) in [5.74, 6) is -1.98. The molecule has 0 atom stereocenters. The molecule has 2 aromatic carbocycles. The Labute approximate surface area is 189 Å². The monoisotopic (exact) mass is 460 g/mol. The van der Waals surface area contributed by atoms with Crippen molar-refractivity contribution in [2.75, 3.05) is 17.3 Å². The lowest BCUT2D eigenvalue weighted by Gasteiger charge is -2.14. The minimum Gasteiger partial charge on any atom is -0.348 e. The lowest BCUT2D eigenvalue weighted by molar-refractivity contribution is -0.136. The largest absolute Gasteiger partial charge is 0.348 e. The van der Waals surface area contributed by atoms with Crippen LogP contribution in [0.1, 0.15) is 29.9 Å². The predicted octanol–water partition coefficient (Wildman–Crippen LogP) is 4.35. The number of benzene rings is 2. The molecule has 9 heteroatoms. The molecule has 0 aliphatic heterocycles. The molecular weight excluding hydrogens is 439 g/mol. The van der Waals surface area contributed by atoms with Crippen molar-refractivity contribution >= 4 is 57.5 Å². The average molecular weight is 461 g/mol. The number of hydrogen-bond donors (Lipinski definition) is 3. The molecule has 3 rings (SSSR count). The molecule has 3 amide bonds. The van der Waals surface area contributed by atoms with E-state index < -0.39 is 17.7 Å². The Morgan fingerprint density at radius 1 is 1.03 bits per heavy atom. The normalized spacial score (nSPS) is 10.9. The van der Waals surface area contributed by atoms with Crippen LogP contribution in [-0.2, 0) is 9.59 Å². The van der Waals surface area contributed by atoms with E-state index in [0.717, 1.165) is 0 Å². The summed E-state index contributed by atoms with van der Waals surface area (Å²) in [7, 11) is 0. The first-order valence-corrected chi connectivity index (χ1v) is 10.4. The lowest BCUT2D eigenvalue weighted by atomic mass is 10.2. The molecular formula is C22H22Cl2N4O3. The van der Waals surface area contributed by atoms with Crippen LogP contribution in [0.3, 0.4) is 0 Å². The number of fused-ring (bicyclic) bond motifs is 1. The summed E-state index contributed by atoms with van der Waals surface area (Å²) >= 11 is 12.2. The third kappa shape index (κ3) is 5.18. The summed E-state index contributed by atoms with van der Waals surface area (Å²) in [5.41, 5.74) is 4.39. The number of anilines is 1. The number of carbonyl (C=O) groups is 3. The highest BCUT2D eigenvalue weighted by atomic mass is 35.5. The maximum Gasteiger partial charge on any atom is 0.328 e. The van der Waals surface area contributed by atoms with Gasteiger partial charge in [-0.15, -0.1) is 0 Å². The summed E-state index contributed by atoms with van der Waals surface area (Å²) in [6, 6.07) is 11.7. The van der Waals surface area contributed by atoms with E-state index in [-0.39, 0.29) is 11.6 Å². The molecule has 0 saturated heterocycles. The van der Waals surface area contributed by atoms with Crippen molar-refractivity contribution in [1.82, 2.24) is 9.99 Å². The van der Waals surface area contributed by atoms with Gasteiger partial charge in [0.2, 0.25) is 0 Å². The van der Waals surface area contributed by atoms with Crippen LogP contribution in [0.5, 0.6) is 0 Å². The van der Waals surface area contributed by atoms with Crippen LogP contribution in [-0.4, -0.2) is 28.9 Å². The van der Waals surface area contributed by atoms with Gasteiger partial charge < -0.3 is 10.6 Å². The van der Waals surface area contributed by atoms with E-state index in [4.69, 9.17) is 23.2 Å². The Morgan fingerprint density at radius 2 is 1.77 bits per heavy atom. The Bertz CT molecular complexity index is 1170. The Kier molecular flexibility index (Phi) is 6.87. The first-order chi connectivity index (χ1) is 14.7. The molecule has 0 unspecified atom stereocenters. The molecule has 3 N–H and O–H groups in total. The van der Waals surface area contributed by atoms with Crippen molar-refractivity contribution in [1.29, 1.82) is 0 Å². The van der Waals surface area contributed by atoms with Crippen LogP contribution in [0.25, 0.3) is 10.9 Å². The molecule has 0 aliphatic carbocycles. The van der Waals surface area contributed by atoms with Gasteiger partial charge in [0.15, 0.2) is 0 Å². The average Bonchev–Trinajstić information content (AvgIpc) is 3.06. The van der Waals surface area contributed by atoms with Crippen molar-refractivity contribution in [2.24, 2.45) is 5.92 Å². The van der Waals surface area contributed by atoms with Gasteiger partial charge in [-0.05, 0) is 54.8 Å². The van der Waals surface area contributed by atoms with E-state index in [1.807, 2.05) is 13.8 Å². The maximum absolute atomic E-state index is 13.1. The highest BCUT2D eigenvalue weighted by Gasteiger charge is 2.21. The Balaban J connectivity index is 1.95. The van der Waals surface area contributed by atoms with Crippen LogP contribution < -0.4 is 16.1 Å². The van der Waals surface area contributed by atoms with E-state index in [1.165, 1.54) is 4.68 Å². The molecule has 1 aromatic heterocycles. The zero-order valence-corrected chi connectivity index (χ0v) is 18.8. The predicted molar refractivity (Wildman–Crippen MR) is 123 cm³/mol. The van der Waals surface area contributed by atoms with Gasteiger partial charge in [-0.25, -0.2) is 4.68 Å². The van der Waals surface area contributed by atoms with Gasteiger partial charge in [-0.3, -0.25) is 19.8 Å². The van der Waals surface area contributed by atoms with Crippen molar-refractivity contribution in [2.45, 2.75) is 20.8 Å². The highest BCUT2D eigenvalue weighted by Crippen LogP contribution is 2.26. The van der Waals surface area contributed by atoms with Crippen molar-refractivity contribution in [3.05, 3.63) is 63.8 Å². The number of amides is 3. The zero-order chi connectivity index (χ0) is 22.7. The molecule has 31 heavy (non-hydrogen) atoms. The number of rotatable bonds is 5. The Hall–Kier alpha value is -3.03. The van der Waals surface area contributed by atoms with E-state index in [9.17, 15) is 14.4 Å². The second-order valence-corrected chi connectivity index (χ2v) is 8.32. The van der Waals surface area contributed by atoms with Crippen molar-refractivity contribution in [3.63, 3.8) is 0 Å². The SMILES string of the molecule is Cc1c(Cl)cccc1NC(=O)c1cc2cc(Cl)ccc2n1NC(=O)C(=O)NCC(C)C. The number of nitrogens with zero attached hydrogens (tertiary/aromatic N) is 1. The number of carbonyl (C=O) groups excluding carboxylic acids is 3. The molecule has 0 bridgehead atoms. The maximum atomic E-state index is 13.1. The molecule has 162 valence electrons. The minimum atomic E-state index is -0.888. The van der Waals surface area contributed by atoms with Gasteiger partial charge in [0, 0.05) is 27.7 Å². The fourth-order valence-corrected chi connectivity index (χ4v) is 3.29. The van der Waals surface area contributed by atoms with Gasteiger partial charge in [0.25, 0.3) is 5.91 Å². The van der Waals surface area contributed by atoms with Crippen molar-refractivity contribution < 1.29 is 14.4 Å². The summed E-state index contributed by atoms with van der Waals surface area (Å²) in [4.78, 5) is 37.7. The second-order valence-electron chi connectivity index (χ2n) is 7.48. The number of halogens is 2. The standard InChI is InChI=1S/C22H22Cl2N4O3/c1-12(2)11-25-21(30)22(31)27-28-18-8-7-15(23)9-14(18)10-19(28)20(29)26-17-6-4-5-16(24)13(17)3/h4-10,12H,11H2,1-3H3,(H,25,30)(H,26,29)(H,27,31). The summed E-state index contributed by atoms with van der Waals surface area (Å²) in [5, 5.41) is 6.97. The third-order valence-electron chi connectivity index (χ3n) is 4.60. The van der Waals surface area contributed by atoms with Gasteiger partial charge in [-0.1, -0.05) is 43.1 Å². The van der Waals surface area contributed by atoms with Gasteiger partial charge in [-0.2, -0.15) is 0 Å². The summed E-state index contributed by atoms with van der Waals surface area (Å²) in [6.07, 6.45) is 0. The van der Waals surface area contributed by atoms with Crippen LogP contribution in [0.2, 0.25) is 10.0 Å². The van der Waals surface area contributed by atoms with Gasteiger partial charge in [0.1, 0.15) is 5.69 Å². The van der Waals surface area contributed by atoms with Gasteiger partial charge >= 0.3 is 11.8 Å². The smallest absolute Gasteiger partial charge is 0.328 e. The molecule has 1 heterocycles. The van der Waals surface area contributed by atoms with Gasteiger partial charge in [0.05, 0.1) is 5.52 Å². The first-order valence-electron chi connectivity index (χ1n) is 9.64. The van der Waals surface area contributed by atoms with E-state index in [0.29, 0.717) is 38.7 Å². The third-order valence-corrected chi connectivity index (χ3v) is 5.25. The second kappa shape index (κ2) is 9.41. The quantitative estimate of drug-likeness (QED) is 0.494. The summed E-state index contributed by atoms with van der Waals surface area (Å²) in [6.45, 7) is 5.98. The molecule has 0 radical (unpaired) electrons. The summed E-state index contributed by atoms with van der Waals surface area (Å²) < 4.78 is 1.28. The first kappa shape index (κ1) is 22.7. The molecule has 3 aromatic rings. The fourth-order valence-electron chi connectivity index (χ4n) is 2.93. The van der Waals surface area contributed by atoms with Crippen LogP contribution in [0.15, 0.2) is 42.5 Å². The molecule has 0 spiro atoms. The number of nitrogens with one attached hydrogen (secondary N) is 3.